The van der Waals surface area contributed by atoms with E-state index in [4.69, 9.17) is 9.96 Å². The van der Waals surface area contributed by atoms with Crippen LogP contribution in [0.5, 0.6) is 0 Å². The number of carbonyl (C=O) groups is 1. The summed E-state index contributed by atoms with van der Waals surface area (Å²) in [5.74, 6) is 0. The molecule has 0 aliphatic carbocycles. The summed E-state index contributed by atoms with van der Waals surface area (Å²) in [6.45, 7) is 10.8. The van der Waals surface area contributed by atoms with Crippen molar-refractivity contribution in [2.24, 2.45) is 5.11 Å². The first-order chi connectivity index (χ1) is 7.24. The molecule has 0 radical (unpaired) electrons. The van der Waals surface area contributed by atoms with Crippen LogP contribution in [0.1, 0.15) is 27.2 Å². The van der Waals surface area contributed by atoms with Gasteiger partial charge in [0.2, 0.25) is 0 Å². The van der Waals surface area contributed by atoms with Gasteiger partial charge in [-0.2, -0.15) is 0 Å². The molecular formula is C10H21N3O2Si. The normalized spacial score (nSPS) is 14.1. The second kappa shape index (κ2) is 6.03. The van der Waals surface area contributed by atoms with Crippen LogP contribution < -0.4 is 0 Å². The van der Waals surface area contributed by atoms with E-state index in [0.717, 1.165) is 6.29 Å². The Hall–Kier alpha value is -0.843. The second-order valence-electron chi connectivity index (χ2n) is 5.32. The molecule has 0 saturated carbocycles. The van der Waals surface area contributed by atoms with Gasteiger partial charge in [-0.05, 0) is 23.7 Å². The third kappa shape index (κ3) is 4.79. The minimum Gasteiger partial charge on any atom is -0.413 e. The topological polar surface area (TPSA) is 75.1 Å². The largest absolute Gasteiger partial charge is 0.413 e. The molecule has 0 unspecified atom stereocenters. The van der Waals surface area contributed by atoms with Crippen LogP contribution in [0.3, 0.4) is 0 Å². The van der Waals surface area contributed by atoms with Gasteiger partial charge in [-0.3, -0.25) is 0 Å². The van der Waals surface area contributed by atoms with Crippen LogP contribution in [-0.4, -0.2) is 27.3 Å². The minimum atomic E-state index is -1.90. The second-order valence-corrected chi connectivity index (χ2v) is 10.1. The van der Waals surface area contributed by atoms with Crippen LogP contribution in [0.25, 0.3) is 10.4 Å². The van der Waals surface area contributed by atoms with E-state index in [0.29, 0.717) is 0 Å². The van der Waals surface area contributed by atoms with Gasteiger partial charge in [0.15, 0.2) is 8.32 Å². The highest BCUT2D eigenvalue weighted by molar-refractivity contribution is 6.74. The molecule has 0 aromatic heterocycles. The van der Waals surface area contributed by atoms with Gasteiger partial charge in [-0.15, -0.1) is 0 Å². The molecule has 0 aromatic carbocycles. The SMILES string of the molecule is CC(C)(C)[Si](C)(C)O[C@@H](CC=O)CN=[N+]=[N-]. The molecule has 0 aliphatic heterocycles. The van der Waals surface area contributed by atoms with Crippen LogP contribution in [0.4, 0.5) is 0 Å². The monoisotopic (exact) mass is 243 g/mol. The molecule has 6 heteroatoms. The first-order valence-corrected chi connectivity index (χ1v) is 8.27. The Bertz CT molecular complexity index is 280. The van der Waals surface area contributed by atoms with E-state index in [1.807, 2.05) is 0 Å². The number of aldehydes is 1. The number of hydrogen-bond acceptors (Lipinski definition) is 3. The highest BCUT2D eigenvalue weighted by atomic mass is 28.4. The summed E-state index contributed by atoms with van der Waals surface area (Å²) in [5.41, 5.74) is 8.27. The molecule has 0 rings (SSSR count). The smallest absolute Gasteiger partial charge is 0.192 e. The molecule has 0 amide bonds. The lowest BCUT2D eigenvalue weighted by atomic mass is 10.2. The van der Waals surface area contributed by atoms with Gasteiger partial charge >= 0.3 is 0 Å². The number of hydrogen-bond donors (Lipinski definition) is 0. The third-order valence-corrected chi connectivity index (χ3v) is 7.51. The molecule has 92 valence electrons. The van der Waals surface area contributed by atoms with E-state index in [1.165, 1.54) is 0 Å². The van der Waals surface area contributed by atoms with Crippen LogP contribution in [0.15, 0.2) is 5.11 Å². The number of rotatable bonds is 6. The summed E-state index contributed by atoms with van der Waals surface area (Å²) in [4.78, 5) is 13.2. The van der Waals surface area contributed by atoms with Gasteiger partial charge in [0.1, 0.15) is 6.29 Å². The zero-order valence-electron chi connectivity index (χ0n) is 10.7. The molecule has 1 atom stereocenters. The highest BCUT2D eigenvalue weighted by Crippen LogP contribution is 2.37. The van der Waals surface area contributed by atoms with Gasteiger partial charge in [0.05, 0.1) is 12.6 Å². The number of carbonyl (C=O) groups excluding carboxylic acids is 1. The Morgan fingerprint density at radius 1 is 1.50 bits per heavy atom. The summed E-state index contributed by atoms with van der Waals surface area (Å²) in [5, 5.41) is 3.56. The lowest BCUT2D eigenvalue weighted by Crippen LogP contribution is -2.44. The van der Waals surface area contributed by atoms with E-state index in [-0.39, 0.29) is 24.1 Å². The molecule has 0 N–H and O–H groups in total. The predicted molar refractivity (Wildman–Crippen MR) is 66.8 cm³/mol. The Labute approximate surface area is 97.9 Å². The summed E-state index contributed by atoms with van der Waals surface area (Å²) in [6.07, 6.45) is 0.810. The van der Waals surface area contributed by atoms with E-state index in [2.05, 4.69) is 43.9 Å². The summed E-state index contributed by atoms with van der Waals surface area (Å²) in [6, 6.07) is 0. The van der Waals surface area contributed by atoms with Gasteiger partial charge in [-0.25, -0.2) is 0 Å². The van der Waals surface area contributed by atoms with E-state index in [9.17, 15) is 4.79 Å². The van der Waals surface area contributed by atoms with Crippen molar-refractivity contribution in [3.63, 3.8) is 0 Å². The lowest BCUT2D eigenvalue weighted by Gasteiger charge is -2.38. The average Bonchev–Trinajstić information content (AvgIpc) is 2.12. The van der Waals surface area contributed by atoms with Crippen molar-refractivity contribution in [3.05, 3.63) is 10.4 Å². The quantitative estimate of drug-likeness (QED) is 0.236. The van der Waals surface area contributed by atoms with Crippen LogP contribution >= 0.6 is 0 Å². The maximum absolute atomic E-state index is 10.5. The van der Waals surface area contributed by atoms with E-state index >= 15 is 0 Å². The summed E-state index contributed by atoms with van der Waals surface area (Å²) < 4.78 is 5.99. The Kier molecular flexibility index (Phi) is 5.71. The van der Waals surface area contributed by atoms with Crippen LogP contribution in [0.2, 0.25) is 18.1 Å². The molecule has 0 saturated heterocycles. The average molecular weight is 243 g/mol. The fourth-order valence-electron chi connectivity index (χ4n) is 0.988. The molecule has 0 aliphatic rings. The molecular weight excluding hydrogens is 222 g/mol. The molecule has 0 fully saturated rings. The minimum absolute atomic E-state index is 0.0878. The van der Waals surface area contributed by atoms with Crippen molar-refractivity contribution in [1.29, 1.82) is 0 Å². The fraction of sp³-hybridized carbons (Fsp3) is 0.900. The van der Waals surface area contributed by atoms with Crippen LogP contribution in [-0.2, 0) is 9.22 Å². The third-order valence-electron chi connectivity index (χ3n) is 2.98. The lowest BCUT2D eigenvalue weighted by molar-refractivity contribution is -0.109. The number of azide groups is 1. The molecule has 5 nitrogen and oxygen atoms in total. The maximum Gasteiger partial charge on any atom is 0.192 e. The molecule has 0 bridgehead atoms. The Balaban J connectivity index is 4.60. The standard InChI is InChI=1S/C10H21N3O2Si/c1-10(2,3)16(4,5)15-9(6-7-14)8-12-13-11/h7,9H,6,8H2,1-5H3/t9-/m0/s1. The van der Waals surface area contributed by atoms with Gasteiger partial charge in [0, 0.05) is 11.3 Å². The van der Waals surface area contributed by atoms with Crippen molar-refractivity contribution in [2.75, 3.05) is 6.54 Å². The predicted octanol–water partition coefficient (Wildman–Crippen LogP) is 3.28. The zero-order chi connectivity index (χ0) is 12.8. The van der Waals surface area contributed by atoms with E-state index in [1.54, 1.807) is 0 Å². The Morgan fingerprint density at radius 2 is 2.06 bits per heavy atom. The summed E-state index contributed by atoms with van der Waals surface area (Å²) >= 11 is 0. The first-order valence-electron chi connectivity index (χ1n) is 5.37. The highest BCUT2D eigenvalue weighted by Gasteiger charge is 2.38. The van der Waals surface area contributed by atoms with Crippen molar-refractivity contribution in [2.45, 2.75) is 51.4 Å². The summed E-state index contributed by atoms with van der Waals surface area (Å²) in [7, 11) is -1.90. The molecule has 0 heterocycles. The number of nitrogens with zero attached hydrogens (tertiary/aromatic N) is 3. The van der Waals surface area contributed by atoms with Crippen molar-refractivity contribution < 1.29 is 9.22 Å². The maximum atomic E-state index is 10.5. The molecule has 0 aromatic rings. The molecule has 0 spiro atoms. The first kappa shape index (κ1) is 15.2. The molecule has 16 heavy (non-hydrogen) atoms. The Morgan fingerprint density at radius 3 is 2.44 bits per heavy atom. The van der Waals surface area contributed by atoms with E-state index < -0.39 is 8.32 Å². The van der Waals surface area contributed by atoms with Gasteiger partial charge in [-0.1, -0.05) is 25.9 Å². The van der Waals surface area contributed by atoms with Crippen LogP contribution in [0, 0.1) is 0 Å². The van der Waals surface area contributed by atoms with Gasteiger partial charge < -0.3 is 9.22 Å². The fourth-order valence-corrected chi connectivity index (χ4v) is 2.35. The zero-order valence-corrected chi connectivity index (χ0v) is 11.7. The van der Waals surface area contributed by atoms with Crippen molar-refractivity contribution in [1.82, 2.24) is 0 Å². The van der Waals surface area contributed by atoms with Gasteiger partial charge in [0.25, 0.3) is 0 Å². The van der Waals surface area contributed by atoms with Crippen molar-refractivity contribution in [3.8, 4) is 0 Å². The van der Waals surface area contributed by atoms with Crippen molar-refractivity contribution >= 4 is 14.6 Å².